The van der Waals surface area contributed by atoms with Crippen LogP contribution in [0.15, 0.2) is 85.1 Å². The molecule has 0 amide bonds. The molecule has 0 radical (unpaired) electrons. The summed E-state index contributed by atoms with van der Waals surface area (Å²) in [5.74, 6) is 1.65. The predicted octanol–water partition coefficient (Wildman–Crippen LogP) is 5.39. The molecule has 0 aliphatic rings. The smallest absolute Gasteiger partial charge is 0.0452 e. The second-order valence-electron chi connectivity index (χ2n) is 6.68. The van der Waals surface area contributed by atoms with E-state index >= 15 is 0 Å². The molecule has 0 unspecified atom stereocenters. The number of hydrogen-bond donors (Lipinski definition) is 0. The fourth-order valence-electron chi connectivity index (χ4n) is 2.26. The molecule has 212 valence electrons. The van der Waals surface area contributed by atoms with Crippen LogP contribution in [-0.2, 0) is 84.2 Å². The Morgan fingerprint density at radius 1 is 0.615 bits per heavy atom. The van der Waals surface area contributed by atoms with Gasteiger partial charge in [-0.15, -0.1) is 7.92 Å². The Morgan fingerprint density at radius 2 is 0.949 bits per heavy atom. The Labute approximate surface area is 269 Å². The third kappa shape index (κ3) is 33.3. The van der Waals surface area contributed by atoms with E-state index in [2.05, 4.69) is 150 Å². The van der Waals surface area contributed by atoms with Crippen LogP contribution < -0.4 is 10.6 Å². The fraction of sp³-hybridized carbons (Fsp3) is 0.250. The fourth-order valence-corrected chi connectivity index (χ4v) is 4.97. The molecular formula is C28H31Fe2NO4P2S2-2. The first-order valence-corrected chi connectivity index (χ1v) is 15.8. The van der Waals surface area contributed by atoms with Gasteiger partial charge < -0.3 is 25.3 Å². The molecule has 2 aromatic carbocycles. The van der Waals surface area contributed by atoms with Crippen LogP contribution in [0.3, 0.4) is 0 Å². The topological polar surface area (TPSA) is 92.5 Å². The molecule has 5 nitrogen and oxygen atoms in total. The molecule has 1 heterocycles. The van der Waals surface area contributed by atoms with Crippen molar-refractivity contribution in [1.29, 1.82) is 0 Å². The number of rotatable bonds is 6. The Morgan fingerprint density at radius 3 is 1.21 bits per heavy atom. The van der Waals surface area contributed by atoms with Gasteiger partial charge in [0, 0.05) is 52.2 Å². The zero-order chi connectivity index (χ0) is 29.3. The molecular weight excluding hydrogens is 652 g/mol. The third-order valence-corrected chi connectivity index (χ3v) is 6.53. The molecule has 0 N–H and O–H groups in total. The number of benzene rings is 2. The van der Waals surface area contributed by atoms with Crippen molar-refractivity contribution in [3.63, 3.8) is 0 Å². The summed E-state index contributed by atoms with van der Waals surface area (Å²) < 4.78 is 30.0. The zero-order valence-corrected chi connectivity index (χ0v) is 27.5. The summed E-state index contributed by atoms with van der Waals surface area (Å²) >= 11 is 9.17. The van der Waals surface area contributed by atoms with Crippen molar-refractivity contribution < 1.29 is 52.7 Å². The molecule has 0 spiro atoms. The molecule has 0 aliphatic carbocycles. The molecule has 3 rings (SSSR count). The molecule has 1 aromatic heterocycles. The van der Waals surface area contributed by atoms with Crippen LogP contribution >= 0.6 is 15.8 Å². The Hall–Kier alpha value is -0.851. The van der Waals surface area contributed by atoms with Gasteiger partial charge in [0.2, 0.25) is 0 Å². The van der Waals surface area contributed by atoms with Crippen molar-refractivity contribution in [1.82, 2.24) is 4.98 Å². The first-order chi connectivity index (χ1) is 18.1. The van der Waals surface area contributed by atoms with Crippen molar-refractivity contribution in [2.75, 3.05) is 31.5 Å². The molecule has 0 fully saturated rings. The van der Waals surface area contributed by atoms with Gasteiger partial charge in [0.05, 0.1) is 0 Å². The Bertz CT molecular complexity index is 867. The molecule has 0 saturated carbocycles. The quantitative estimate of drug-likeness (QED) is 0.115. The van der Waals surface area contributed by atoms with Crippen LogP contribution in [0.2, 0.25) is 0 Å². The largest absolute Gasteiger partial charge is 0.793 e. The van der Waals surface area contributed by atoms with Gasteiger partial charge in [-0.1, -0.05) is 73.2 Å². The zero-order valence-electron chi connectivity index (χ0n) is 21.9. The van der Waals surface area contributed by atoms with E-state index in [0.717, 1.165) is 29.8 Å². The van der Waals surface area contributed by atoms with Crippen molar-refractivity contribution in [3.8, 4) is 0 Å². The molecule has 0 bridgehead atoms. The van der Waals surface area contributed by atoms with Gasteiger partial charge in [-0.25, -0.2) is 0 Å². The van der Waals surface area contributed by atoms with E-state index in [1.54, 1.807) is 0 Å². The van der Waals surface area contributed by atoms with E-state index in [0.29, 0.717) is 7.92 Å². The summed E-state index contributed by atoms with van der Waals surface area (Å²) in [6.45, 7) is 24.7. The maximum Gasteiger partial charge on any atom is 0.0452 e. The summed E-state index contributed by atoms with van der Waals surface area (Å²) in [6.07, 6.45) is 3.88. The average molecular weight is 683 g/mol. The Balaban J connectivity index is -0.000000121. The third-order valence-electron chi connectivity index (χ3n) is 3.47. The van der Waals surface area contributed by atoms with Crippen LogP contribution in [-0.4, -0.2) is 36.5 Å². The summed E-state index contributed by atoms with van der Waals surface area (Å²) in [5, 5.41) is 2.80. The van der Waals surface area contributed by atoms with Crippen molar-refractivity contribution in [2.24, 2.45) is 0 Å². The first-order valence-electron chi connectivity index (χ1n) is 10.4. The standard InChI is InChI=1S/C18H16NP.C3H9P.C3H8S2.4CO.2Fe/c1-3-10-17(11-4-1)20(18-12-5-2-6-13-18)15-16-9-7-8-14-19-16;1-4(2)3;4-2-1-3-5;4*1-2;;/h1-14H,15H2;1-3H3;4-5H,1-3H2;;;;;;/p-2. The number of pyridine rings is 1. The van der Waals surface area contributed by atoms with Crippen LogP contribution in [0.4, 0.5) is 0 Å². The number of aromatic nitrogens is 1. The summed E-state index contributed by atoms with van der Waals surface area (Å²) in [4.78, 5) is 4.49. The van der Waals surface area contributed by atoms with Crippen LogP contribution in [0.25, 0.3) is 0 Å². The van der Waals surface area contributed by atoms with Gasteiger partial charge in [-0.2, -0.15) is 11.5 Å². The van der Waals surface area contributed by atoms with E-state index < -0.39 is 0 Å². The van der Waals surface area contributed by atoms with E-state index in [4.69, 9.17) is 18.6 Å². The Kier molecular flexibility index (Phi) is 57.7. The minimum absolute atomic E-state index is 0. The maximum absolute atomic E-state index is 7.50. The number of nitrogens with zero attached hydrogens (tertiary/aromatic N) is 1. The van der Waals surface area contributed by atoms with Crippen molar-refractivity contribution in [3.05, 3.63) is 117 Å². The van der Waals surface area contributed by atoms with Crippen molar-refractivity contribution in [2.45, 2.75) is 12.6 Å². The van der Waals surface area contributed by atoms with E-state index in [1.165, 1.54) is 10.6 Å². The molecule has 0 saturated heterocycles. The molecule has 11 heteroatoms. The van der Waals surface area contributed by atoms with Crippen LogP contribution in [0, 0.1) is 26.6 Å². The van der Waals surface area contributed by atoms with Gasteiger partial charge in [-0.05, 0) is 50.7 Å². The van der Waals surface area contributed by atoms with Crippen LogP contribution in [0.1, 0.15) is 12.1 Å². The summed E-state index contributed by atoms with van der Waals surface area (Å²) in [7, 11) is -0.0100. The molecule has 0 atom stereocenters. The van der Waals surface area contributed by atoms with Gasteiger partial charge in [0.25, 0.3) is 0 Å². The first kappa shape index (κ1) is 50.9. The van der Waals surface area contributed by atoms with Gasteiger partial charge in [-0.3, -0.25) is 4.98 Å². The molecule has 39 heavy (non-hydrogen) atoms. The molecule has 3 aromatic rings. The predicted molar refractivity (Wildman–Crippen MR) is 157 cm³/mol. The SMILES string of the molecule is CP(C)C.[C-]#[O+].[C-]#[O+].[C-]#[O+].[C-]#[O+].[Fe].[Fe].[S-]CCC[S-].c1ccc(P(Cc2ccccn2)c2ccccc2)cc1. The van der Waals surface area contributed by atoms with E-state index in [9.17, 15) is 0 Å². The normalized spacial score (nSPS) is 7.67. The van der Waals surface area contributed by atoms with E-state index in [1.807, 2.05) is 12.3 Å². The maximum atomic E-state index is 7.50. The van der Waals surface area contributed by atoms with E-state index in [-0.39, 0.29) is 42.1 Å². The monoisotopic (exact) mass is 683 g/mol. The molecule has 0 aliphatic heterocycles. The second kappa shape index (κ2) is 44.2. The summed E-state index contributed by atoms with van der Waals surface area (Å²) in [5.41, 5.74) is 1.16. The van der Waals surface area contributed by atoms with Gasteiger partial charge in [0.1, 0.15) is 0 Å². The van der Waals surface area contributed by atoms with Gasteiger partial charge in [0.15, 0.2) is 0 Å². The van der Waals surface area contributed by atoms with Crippen molar-refractivity contribution >= 4 is 51.7 Å². The minimum Gasteiger partial charge on any atom is -0.793 e. The summed E-state index contributed by atoms with van der Waals surface area (Å²) in [6, 6.07) is 27.7. The average Bonchev–Trinajstić information content (AvgIpc) is 2.98. The van der Waals surface area contributed by atoms with Crippen LogP contribution in [0.5, 0.6) is 0 Å². The second-order valence-corrected chi connectivity index (χ2v) is 12.4. The van der Waals surface area contributed by atoms with Gasteiger partial charge >= 0.3 is 45.2 Å². The minimum atomic E-state index is -0.390. The number of hydrogen-bond acceptors (Lipinski definition) is 3.